The zero-order chi connectivity index (χ0) is 29.2. The Morgan fingerprint density at radius 3 is 2.68 bits per heavy atom. The van der Waals surface area contributed by atoms with E-state index in [1.165, 1.54) is 12.5 Å². The highest BCUT2D eigenvalue weighted by Crippen LogP contribution is 2.73. The fraction of sp³-hybridized carbons (Fsp3) is 0.606. The highest BCUT2D eigenvalue weighted by Gasteiger charge is 2.78. The molecule has 4 aliphatic carbocycles. The van der Waals surface area contributed by atoms with Gasteiger partial charge in [-0.25, -0.2) is 0 Å². The zero-order valence-corrected chi connectivity index (χ0v) is 24.9. The number of fused-ring (bicyclic) bond motifs is 7. The second-order valence-electron chi connectivity index (χ2n) is 13.2. The largest absolute Gasteiger partial charge is 0.458 e. The molecule has 0 radical (unpaired) electrons. The van der Waals surface area contributed by atoms with Crippen LogP contribution in [0.15, 0.2) is 54.1 Å². The maximum absolute atomic E-state index is 14.1. The number of esters is 1. The molecule has 1 heterocycles. The van der Waals surface area contributed by atoms with Crippen molar-refractivity contribution in [1.29, 1.82) is 0 Å². The molecule has 0 unspecified atom stereocenters. The maximum Gasteiger partial charge on any atom is 0.303 e. The van der Waals surface area contributed by atoms with Crippen LogP contribution in [-0.4, -0.2) is 64.0 Å². The van der Waals surface area contributed by atoms with Gasteiger partial charge in [0.25, 0.3) is 0 Å². The van der Waals surface area contributed by atoms with Gasteiger partial charge >= 0.3 is 5.97 Å². The number of benzene rings is 1. The Hall–Kier alpha value is -2.32. The first-order chi connectivity index (χ1) is 19.5. The van der Waals surface area contributed by atoms with Crippen molar-refractivity contribution in [3.05, 3.63) is 59.7 Å². The number of hydroxylamine groups is 2. The number of ketones is 2. The van der Waals surface area contributed by atoms with Gasteiger partial charge in [-0.05, 0) is 68.1 Å². The van der Waals surface area contributed by atoms with E-state index in [1.807, 2.05) is 36.3 Å². The van der Waals surface area contributed by atoms with Gasteiger partial charge in [-0.1, -0.05) is 55.8 Å². The molecule has 6 rings (SSSR count). The molecule has 220 valence electrons. The highest BCUT2D eigenvalue weighted by molar-refractivity contribution is 6.26. The minimum atomic E-state index is -1.21. The number of allylic oxidation sites excluding steroid dienone is 4. The fourth-order valence-corrected chi connectivity index (χ4v) is 9.86. The number of ether oxygens (including phenoxy) is 1. The second-order valence-corrected chi connectivity index (χ2v) is 13.8. The average Bonchev–Trinajstić information content (AvgIpc) is 3.41. The molecule has 5 aliphatic rings. The van der Waals surface area contributed by atoms with Crippen molar-refractivity contribution in [2.24, 2.45) is 28.6 Å². The molecule has 1 N–H and O–H groups in total. The number of aliphatic hydroxyl groups is 1. The van der Waals surface area contributed by atoms with Crippen LogP contribution in [0.2, 0.25) is 0 Å². The van der Waals surface area contributed by atoms with Gasteiger partial charge < -0.3 is 9.84 Å². The molecule has 1 saturated heterocycles. The van der Waals surface area contributed by atoms with Crippen LogP contribution in [0, 0.1) is 28.6 Å². The molecule has 4 fully saturated rings. The van der Waals surface area contributed by atoms with Crippen molar-refractivity contribution in [3.8, 4) is 0 Å². The van der Waals surface area contributed by atoms with Crippen LogP contribution in [0.5, 0.6) is 0 Å². The molecule has 0 aromatic heterocycles. The van der Waals surface area contributed by atoms with Crippen LogP contribution in [0.25, 0.3) is 0 Å². The summed E-state index contributed by atoms with van der Waals surface area (Å²) < 4.78 is 5.24. The van der Waals surface area contributed by atoms with Crippen LogP contribution in [0.4, 0.5) is 0 Å². The Morgan fingerprint density at radius 1 is 1.20 bits per heavy atom. The van der Waals surface area contributed by atoms with Gasteiger partial charge in [-0.3, -0.25) is 19.2 Å². The summed E-state index contributed by atoms with van der Waals surface area (Å²) in [6.07, 6.45) is 8.45. The summed E-state index contributed by atoms with van der Waals surface area (Å²) in [5.41, 5.74) is -0.362. The Bertz CT molecular complexity index is 1310. The van der Waals surface area contributed by atoms with Crippen molar-refractivity contribution >= 4 is 29.1 Å². The van der Waals surface area contributed by atoms with Gasteiger partial charge in [0.15, 0.2) is 18.0 Å². The molecule has 7 nitrogen and oxygen atoms in total. The first-order valence-corrected chi connectivity index (χ1v) is 15.3. The quantitative estimate of drug-likeness (QED) is 0.371. The van der Waals surface area contributed by atoms with Gasteiger partial charge in [0.05, 0.1) is 11.0 Å². The molecule has 3 saturated carbocycles. The highest BCUT2D eigenvalue weighted by atomic mass is 35.5. The molecular weight excluding hydrogens is 542 g/mol. The molecule has 1 aliphatic heterocycles. The lowest BCUT2D eigenvalue weighted by Gasteiger charge is -2.64. The number of hydrogen-bond donors (Lipinski definition) is 1. The summed E-state index contributed by atoms with van der Waals surface area (Å²) in [6, 6.07) is 10.3. The van der Waals surface area contributed by atoms with Crippen molar-refractivity contribution in [1.82, 2.24) is 5.06 Å². The predicted molar refractivity (Wildman–Crippen MR) is 154 cm³/mol. The van der Waals surface area contributed by atoms with Gasteiger partial charge in [0, 0.05) is 36.8 Å². The lowest BCUT2D eigenvalue weighted by Crippen LogP contribution is -2.69. The minimum Gasteiger partial charge on any atom is -0.458 e. The van der Waals surface area contributed by atoms with Crippen molar-refractivity contribution in [2.45, 2.75) is 75.9 Å². The molecular formula is C33H40ClNO6. The van der Waals surface area contributed by atoms with Gasteiger partial charge in [-0.15, -0.1) is 11.6 Å². The molecule has 8 atom stereocenters. The lowest BCUT2D eigenvalue weighted by atomic mass is 9.45. The third kappa shape index (κ3) is 4.14. The van der Waals surface area contributed by atoms with Crippen molar-refractivity contribution in [3.63, 3.8) is 0 Å². The average molecular weight is 582 g/mol. The van der Waals surface area contributed by atoms with Gasteiger partial charge in [0.2, 0.25) is 5.78 Å². The number of aryl methyl sites for hydroxylation is 1. The van der Waals surface area contributed by atoms with Gasteiger partial charge in [0.1, 0.15) is 0 Å². The molecule has 8 heteroatoms. The van der Waals surface area contributed by atoms with Crippen LogP contribution >= 0.6 is 11.6 Å². The van der Waals surface area contributed by atoms with E-state index in [4.69, 9.17) is 21.2 Å². The molecule has 0 spiro atoms. The summed E-state index contributed by atoms with van der Waals surface area (Å²) in [5.74, 6) is -0.976. The third-order valence-electron chi connectivity index (χ3n) is 11.2. The van der Waals surface area contributed by atoms with E-state index in [9.17, 15) is 19.5 Å². The van der Waals surface area contributed by atoms with Crippen molar-refractivity contribution in [2.75, 3.05) is 19.7 Å². The fourth-order valence-electron chi connectivity index (χ4n) is 9.34. The number of alkyl halides is 1. The van der Waals surface area contributed by atoms with Crippen LogP contribution in [0.3, 0.4) is 0 Å². The summed E-state index contributed by atoms with van der Waals surface area (Å²) in [6.45, 7) is 6.33. The summed E-state index contributed by atoms with van der Waals surface area (Å²) in [4.78, 5) is 43.8. The second kappa shape index (κ2) is 10.1. The van der Waals surface area contributed by atoms with E-state index in [2.05, 4.69) is 19.1 Å². The number of Topliss-reactive ketones (excluding diaryl/α,β-unsaturated/α-hetero) is 1. The number of halogens is 1. The molecule has 41 heavy (non-hydrogen) atoms. The van der Waals surface area contributed by atoms with Crippen LogP contribution in [-0.2, 0) is 30.4 Å². The number of carbonyl (C=O) groups excluding carboxylic acids is 3. The smallest absolute Gasteiger partial charge is 0.303 e. The van der Waals surface area contributed by atoms with E-state index in [0.717, 1.165) is 37.7 Å². The normalized spacial score (nSPS) is 41.2. The Balaban J connectivity index is 1.31. The summed E-state index contributed by atoms with van der Waals surface area (Å²) in [5, 5.41) is 13.9. The van der Waals surface area contributed by atoms with Crippen LogP contribution < -0.4 is 0 Å². The summed E-state index contributed by atoms with van der Waals surface area (Å²) in [7, 11) is 0. The summed E-state index contributed by atoms with van der Waals surface area (Å²) >= 11 is 7.60. The molecule has 1 aromatic rings. The SMILES string of the molecule is CC(=O)OCC(=O)[C@@]12ON(CCCc3ccccc3)C[C@@H]1C[C@H]1[C@@H]3CCC4=CC(=O)C=C[C@]4(C)[C@@]3(Cl)[C@@H](O)C[C@@]12C. The van der Waals surface area contributed by atoms with E-state index in [0.29, 0.717) is 13.1 Å². The minimum absolute atomic E-state index is 0.0190. The molecule has 1 aromatic carbocycles. The third-order valence-corrected chi connectivity index (χ3v) is 12.2. The topological polar surface area (TPSA) is 93.1 Å². The first-order valence-electron chi connectivity index (χ1n) is 14.9. The number of hydrogen-bond acceptors (Lipinski definition) is 7. The first kappa shape index (κ1) is 28.8. The number of rotatable bonds is 7. The number of nitrogens with zero attached hydrogens (tertiary/aromatic N) is 1. The monoisotopic (exact) mass is 581 g/mol. The van der Waals surface area contributed by atoms with Gasteiger partial charge in [-0.2, -0.15) is 5.06 Å². The van der Waals surface area contributed by atoms with E-state index >= 15 is 0 Å². The van der Waals surface area contributed by atoms with E-state index in [1.54, 1.807) is 12.2 Å². The molecule has 0 amide bonds. The van der Waals surface area contributed by atoms with E-state index in [-0.39, 0.29) is 42.3 Å². The number of carbonyl (C=O) groups is 3. The standard InChI is InChI=1S/C33H40ClNO6/c1-21(36)40-20-29(39)33-24(19-35(41-33)15-7-10-22-8-5-4-6-9-22)17-27-26-12-11-23-16-25(37)13-14-30(23,2)32(26,34)28(38)18-31(27,33)3/h4-6,8-9,13-14,16,24,26-28,38H,7,10-12,15,17-20H2,1-3H3/t24-,26-,27-,28-,30-,31-,32-,33-/m0/s1. The van der Waals surface area contributed by atoms with E-state index < -0.39 is 33.4 Å². The van der Waals surface area contributed by atoms with Crippen LogP contribution in [0.1, 0.15) is 58.4 Å². The molecule has 0 bridgehead atoms. The Kier molecular flexibility index (Phi) is 7.12. The Labute approximate surface area is 246 Å². The number of aliphatic hydroxyl groups excluding tert-OH is 1. The zero-order valence-electron chi connectivity index (χ0n) is 24.1. The lowest BCUT2D eigenvalue weighted by molar-refractivity contribution is -0.249. The predicted octanol–water partition coefficient (Wildman–Crippen LogP) is 4.60. The van der Waals surface area contributed by atoms with Crippen molar-refractivity contribution < 1.29 is 29.1 Å². The maximum atomic E-state index is 14.1. The Morgan fingerprint density at radius 2 is 1.95 bits per heavy atom.